The second kappa shape index (κ2) is 14.9. The first kappa shape index (κ1) is 35.2. The molecule has 8 rings (SSSR count). The Balaban J connectivity index is 0.808. The van der Waals surface area contributed by atoms with Crippen LogP contribution in [-0.2, 0) is 23.1 Å². The van der Waals surface area contributed by atoms with Crippen LogP contribution >= 0.6 is 0 Å². The van der Waals surface area contributed by atoms with Gasteiger partial charge in [0.1, 0.15) is 11.8 Å². The molecule has 2 amide bonds. The van der Waals surface area contributed by atoms with Crippen molar-refractivity contribution in [2.75, 3.05) is 61.3 Å². The van der Waals surface area contributed by atoms with Crippen LogP contribution in [0.25, 0.3) is 22.3 Å². The SMILES string of the molecule is Cn1c(=O)n(C2CCC(=O)NC2=O)c2ccc(CCCN3CCC(c4cnc(N5CCN(c6cc(-c7ccccc7O)nnc6N)CC5)nc4)CC3)cc21. The van der Waals surface area contributed by atoms with E-state index in [1.54, 1.807) is 23.7 Å². The molecular weight excluding hydrogens is 687 g/mol. The van der Waals surface area contributed by atoms with Gasteiger partial charge in [-0.15, -0.1) is 10.2 Å². The minimum absolute atomic E-state index is 0.152. The fourth-order valence-electron chi connectivity index (χ4n) is 8.11. The molecule has 3 aliphatic rings. The summed E-state index contributed by atoms with van der Waals surface area (Å²) >= 11 is 0. The van der Waals surface area contributed by atoms with Crippen molar-refractivity contribution in [3.8, 4) is 17.0 Å². The number of imidazole rings is 1. The van der Waals surface area contributed by atoms with E-state index in [9.17, 15) is 19.5 Å². The first-order valence-electron chi connectivity index (χ1n) is 18.7. The minimum Gasteiger partial charge on any atom is -0.507 e. The molecule has 3 aromatic heterocycles. The summed E-state index contributed by atoms with van der Waals surface area (Å²) in [6.45, 7) is 5.99. The third-order valence-electron chi connectivity index (χ3n) is 11.2. The number of aromatic hydroxyl groups is 1. The highest BCUT2D eigenvalue weighted by Gasteiger charge is 2.31. The maximum absolute atomic E-state index is 13.1. The van der Waals surface area contributed by atoms with Crippen LogP contribution in [0.5, 0.6) is 5.75 Å². The number of piperazine rings is 1. The molecule has 0 bridgehead atoms. The van der Waals surface area contributed by atoms with Crippen LogP contribution in [-0.4, -0.2) is 96.9 Å². The number of carbonyl (C=O) groups excluding carboxylic acids is 2. The average Bonchev–Trinajstić information content (AvgIpc) is 3.44. The van der Waals surface area contributed by atoms with Crippen LogP contribution in [0.3, 0.4) is 0 Å². The van der Waals surface area contributed by atoms with E-state index in [2.05, 4.69) is 36.3 Å². The van der Waals surface area contributed by atoms with Gasteiger partial charge in [-0.3, -0.25) is 24.0 Å². The number of hydrogen-bond donors (Lipinski definition) is 3. The minimum atomic E-state index is -0.677. The Morgan fingerprint density at radius 3 is 2.35 bits per heavy atom. The lowest BCUT2D eigenvalue weighted by Gasteiger charge is -2.36. The predicted octanol–water partition coefficient (Wildman–Crippen LogP) is 2.99. The number of rotatable bonds is 9. The van der Waals surface area contributed by atoms with Crippen molar-refractivity contribution in [1.29, 1.82) is 0 Å². The molecule has 0 radical (unpaired) electrons. The van der Waals surface area contributed by atoms with Crippen molar-refractivity contribution < 1.29 is 14.7 Å². The number of phenolic OH excluding ortho intramolecular Hbond substituents is 1. The lowest BCUT2D eigenvalue weighted by molar-refractivity contribution is -0.135. The molecule has 0 saturated carbocycles. The van der Waals surface area contributed by atoms with Crippen molar-refractivity contribution in [3.05, 3.63) is 82.5 Å². The van der Waals surface area contributed by atoms with E-state index < -0.39 is 11.9 Å². The van der Waals surface area contributed by atoms with E-state index in [1.165, 1.54) is 10.1 Å². The number of nitrogens with one attached hydrogen (secondary N) is 1. The average molecular weight is 732 g/mol. The van der Waals surface area contributed by atoms with Gasteiger partial charge < -0.3 is 25.5 Å². The van der Waals surface area contributed by atoms with Crippen LogP contribution in [0, 0.1) is 0 Å². The third kappa shape index (κ3) is 6.98. The number of nitrogens with zero attached hydrogens (tertiary/aromatic N) is 9. The van der Waals surface area contributed by atoms with E-state index >= 15 is 0 Å². The summed E-state index contributed by atoms with van der Waals surface area (Å²) in [5.41, 5.74) is 11.8. The number of piperidine rings is 2. The Labute approximate surface area is 312 Å². The van der Waals surface area contributed by atoms with Gasteiger partial charge in [0.25, 0.3) is 0 Å². The van der Waals surface area contributed by atoms with Gasteiger partial charge in [-0.1, -0.05) is 18.2 Å². The highest BCUT2D eigenvalue weighted by molar-refractivity contribution is 6.00. The molecule has 3 saturated heterocycles. The molecule has 5 aromatic rings. The number of fused-ring (bicyclic) bond motifs is 1. The molecule has 54 heavy (non-hydrogen) atoms. The Morgan fingerprint density at radius 2 is 1.61 bits per heavy atom. The maximum Gasteiger partial charge on any atom is 0.329 e. The largest absolute Gasteiger partial charge is 0.507 e. The van der Waals surface area contributed by atoms with E-state index in [0.717, 1.165) is 94.2 Å². The number of para-hydroxylation sites is 1. The highest BCUT2D eigenvalue weighted by atomic mass is 16.3. The lowest BCUT2D eigenvalue weighted by atomic mass is 9.91. The van der Waals surface area contributed by atoms with Crippen LogP contribution in [0.1, 0.15) is 55.2 Å². The summed E-state index contributed by atoms with van der Waals surface area (Å²) in [7, 11) is 1.73. The number of benzene rings is 2. The summed E-state index contributed by atoms with van der Waals surface area (Å²) in [5, 5.41) is 21.0. The summed E-state index contributed by atoms with van der Waals surface area (Å²) in [6.07, 6.45) is 8.56. The number of likely N-dealkylation sites (tertiary alicyclic amines) is 1. The molecule has 0 spiro atoms. The summed E-state index contributed by atoms with van der Waals surface area (Å²) in [6, 6.07) is 14.3. The van der Waals surface area contributed by atoms with Gasteiger partial charge in [-0.05, 0) is 99.1 Å². The molecule has 280 valence electrons. The first-order chi connectivity index (χ1) is 26.2. The Morgan fingerprint density at radius 1 is 0.870 bits per heavy atom. The first-order valence-corrected chi connectivity index (χ1v) is 18.7. The van der Waals surface area contributed by atoms with E-state index in [0.29, 0.717) is 34.9 Å². The second-order valence-electron chi connectivity index (χ2n) is 14.5. The normalized spacial score (nSPS) is 18.7. The van der Waals surface area contributed by atoms with Gasteiger partial charge in [-0.25, -0.2) is 14.8 Å². The Kier molecular flexibility index (Phi) is 9.71. The number of hydrogen-bond acceptors (Lipinski definition) is 12. The third-order valence-corrected chi connectivity index (χ3v) is 11.2. The van der Waals surface area contributed by atoms with E-state index in [-0.39, 0.29) is 23.8 Å². The molecular formula is C39H45N11O4. The van der Waals surface area contributed by atoms with Crippen molar-refractivity contribution in [2.45, 2.75) is 50.5 Å². The summed E-state index contributed by atoms with van der Waals surface area (Å²) < 4.78 is 3.12. The topological polar surface area (TPSA) is 181 Å². The van der Waals surface area contributed by atoms with Gasteiger partial charge in [0.2, 0.25) is 17.8 Å². The molecule has 15 nitrogen and oxygen atoms in total. The maximum atomic E-state index is 13.1. The van der Waals surface area contributed by atoms with Gasteiger partial charge >= 0.3 is 5.69 Å². The zero-order valence-electron chi connectivity index (χ0n) is 30.4. The number of nitrogen functional groups attached to an aromatic ring is 1. The molecule has 15 heteroatoms. The molecule has 3 fully saturated rings. The number of phenols is 1. The molecule has 1 unspecified atom stereocenters. The number of aryl methyl sites for hydroxylation is 2. The molecule has 1 atom stereocenters. The van der Waals surface area contributed by atoms with Crippen molar-refractivity contribution in [2.24, 2.45) is 7.05 Å². The zero-order chi connectivity index (χ0) is 37.3. The van der Waals surface area contributed by atoms with Crippen LogP contribution < -0.4 is 26.5 Å². The van der Waals surface area contributed by atoms with Gasteiger partial charge in [0.15, 0.2) is 5.82 Å². The van der Waals surface area contributed by atoms with Crippen molar-refractivity contribution in [3.63, 3.8) is 0 Å². The molecule has 4 N–H and O–H groups in total. The second-order valence-corrected chi connectivity index (χ2v) is 14.5. The number of anilines is 3. The van der Waals surface area contributed by atoms with Crippen LogP contribution in [0.4, 0.5) is 17.5 Å². The van der Waals surface area contributed by atoms with Crippen LogP contribution in [0.15, 0.2) is 65.7 Å². The Bertz CT molecular complexity index is 2240. The van der Waals surface area contributed by atoms with Crippen molar-refractivity contribution in [1.82, 2.24) is 39.5 Å². The Hall–Kier alpha value is -5.83. The van der Waals surface area contributed by atoms with E-state index in [1.807, 2.05) is 42.7 Å². The lowest BCUT2D eigenvalue weighted by Crippen LogP contribution is -2.47. The number of amides is 2. The molecule has 0 aliphatic carbocycles. The number of carbonyl (C=O) groups is 2. The number of imide groups is 1. The summed E-state index contributed by atoms with van der Waals surface area (Å²) in [4.78, 5) is 53.7. The highest BCUT2D eigenvalue weighted by Crippen LogP contribution is 2.33. The quantitative estimate of drug-likeness (QED) is 0.189. The fourth-order valence-corrected chi connectivity index (χ4v) is 8.11. The number of nitrogens with two attached hydrogens (primary N) is 1. The molecule has 3 aliphatic heterocycles. The molecule has 6 heterocycles. The van der Waals surface area contributed by atoms with Gasteiger partial charge in [-0.2, -0.15) is 0 Å². The fraction of sp³-hybridized carbons (Fsp3) is 0.410. The van der Waals surface area contributed by atoms with E-state index in [4.69, 9.17) is 15.7 Å². The van der Waals surface area contributed by atoms with Gasteiger partial charge in [0.05, 0.1) is 22.4 Å². The summed E-state index contributed by atoms with van der Waals surface area (Å²) in [5.74, 6) is 0.970. The number of aromatic nitrogens is 6. The standard InChI is InChI=1S/C39H45N11O4/c1-46-32-21-25(8-9-30(32)50(39(46)54)31-10-11-35(52)43-37(31)53)5-4-14-47-15-12-26(13-16-47)27-23-41-38(42-24-27)49-19-17-48(18-20-49)33-22-29(44-45-36(33)40)28-6-2-3-7-34(28)51/h2-3,6-9,21-24,26,31,51H,4-5,10-20H2,1H3,(H2,40,45)(H,43,52,53). The molecule has 2 aromatic carbocycles. The zero-order valence-corrected chi connectivity index (χ0v) is 30.4. The predicted molar refractivity (Wildman–Crippen MR) is 205 cm³/mol. The monoisotopic (exact) mass is 731 g/mol. The van der Waals surface area contributed by atoms with Crippen molar-refractivity contribution >= 4 is 40.3 Å². The van der Waals surface area contributed by atoms with Gasteiger partial charge in [0, 0.05) is 57.6 Å². The smallest absolute Gasteiger partial charge is 0.329 e. The van der Waals surface area contributed by atoms with Crippen LogP contribution in [0.2, 0.25) is 0 Å².